The van der Waals surface area contributed by atoms with E-state index in [1.54, 1.807) is 0 Å². The van der Waals surface area contributed by atoms with Crippen molar-refractivity contribution in [1.29, 1.82) is 0 Å². The minimum atomic E-state index is -4.74. The summed E-state index contributed by atoms with van der Waals surface area (Å²) in [7, 11) is -4.48. The Balaban J connectivity index is 1.85. The summed E-state index contributed by atoms with van der Waals surface area (Å²) < 4.78 is 101. The third-order valence-corrected chi connectivity index (χ3v) is 7.14. The van der Waals surface area contributed by atoms with Crippen molar-refractivity contribution in [2.24, 2.45) is 5.73 Å². The molecule has 1 aliphatic rings. The van der Waals surface area contributed by atoms with Crippen LogP contribution in [0.15, 0.2) is 65.6 Å². The Labute approximate surface area is 192 Å². The van der Waals surface area contributed by atoms with Gasteiger partial charge in [0.1, 0.15) is 23.5 Å². The maximum absolute atomic E-state index is 14.4. The van der Waals surface area contributed by atoms with Gasteiger partial charge < -0.3 is 10.5 Å². The van der Waals surface area contributed by atoms with Crippen LogP contribution in [0.3, 0.4) is 0 Å². The molecule has 0 fully saturated rings. The second-order valence-electron chi connectivity index (χ2n) is 7.69. The van der Waals surface area contributed by atoms with Crippen molar-refractivity contribution in [3.63, 3.8) is 0 Å². The van der Waals surface area contributed by atoms with Crippen LogP contribution in [0.4, 0.5) is 27.6 Å². The number of ether oxygens (including phenoxy) is 1. The van der Waals surface area contributed by atoms with Gasteiger partial charge in [-0.1, -0.05) is 12.1 Å². The van der Waals surface area contributed by atoms with E-state index < -0.39 is 44.4 Å². The fraction of sp³-hybridized carbons (Fsp3) is 0.217. The lowest BCUT2D eigenvalue weighted by Gasteiger charge is -2.36. The maximum atomic E-state index is 14.4. The number of sulfonamides is 1. The van der Waals surface area contributed by atoms with Gasteiger partial charge in [0.2, 0.25) is 0 Å². The molecule has 0 bridgehead atoms. The van der Waals surface area contributed by atoms with Crippen LogP contribution in [-0.4, -0.2) is 27.6 Å². The second kappa shape index (κ2) is 8.88. The van der Waals surface area contributed by atoms with E-state index in [1.807, 2.05) is 0 Å². The van der Waals surface area contributed by atoms with E-state index in [4.69, 9.17) is 10.5 Å². The first-order valence-corrected chi connectivity index (χ1v) is 11.6. The highest BCUT2D eigenvalue weighted by Gasteiger charge is 2.37. The Hall–Kier alpha value is -3.18. The zero-order chi connectivity index (χ0) is 24.7. The standard InChI is InChI=1S/C23H19F5N2O3S/c24-16-5-6-20(25)19(12-16)14-4-7-22-21(10-14)30(13-17(33-22)8-9-29)34(31,32)18-3-1-2-15(11-18)23(26,27)28/h1-7,10-12,17H,8-9,13,29H2. The fourth-order valence-corrected chi connectivity index (χ4v) is 5.27. The lowest BCUT2D eigenvalue weighted by atomic mass is 10.0. The molecule has 0 saturated carbocycles. The van der Waals surface area contributed by atoms with Crippen molar-refractivity contribution in [3.8, 4) is 16.9 Å². The maximum Gasteiger partial charge on any atom is 0.416 e. The Kier molecular flexibility index (Phi) is 6.26. The van der Waals surface area contributed by atoms with Gasteiger partial charge in [-0.3, -0.25) is 4.31 Å². The summed E-state index contributed by atoms with van der Waals surface area (Å²) in [5, 5.41) is 0. The average molecular weight is 498 g/mol. The Morgan fingerprint density at radius 1 is 1.03 bits per heavy atom. The minimum Gasteiger partial charge on any atom is -0.486 e. The van der Waals surface area contributed by atoms with Crippen molar-refractivity contribution >= 4 is 15.7 Å². The zero-order valence-electron chi connectivity index (χ0n) is 17.5. The molecule has 0 aromatic heterocycles. The highest BCUT2D eigenvalue weighted by molar-refractivity contribution is 7.92. The quantitative estimate of drug-likeness (QED) is 0.505. The first kappa shape index (κ1) is 24.0. The molecule has 1 heterocycles. The predicted octanol–water partition coefficient (Wildman–Crippen LogP) is 4.96. The van der Waals surface area contributed by atoms with Crippen LogP contribution in [0.5, 0.6) is 5.75 Å². The Morgan fingerprint density at radius 2 is 1.79 bits per heavy atom. The molecule has 0 amide bonds. The SMILES string of the molecule is NCCC1CN(S(=O)(=O)c2cccc(C(F)(F)F)c2)c2cc(-c3cc(F)ccc3F)ccc2O1. The van der Waals surface area contributed by atoms with E-state index in [0.717, 1.165) is 40.7 Å². The number of alkyl halides is 3. The second-order valence-corrected chi connectivity index (χ2v) is 9.55. The van der Waals surface area contributed by atoms with Crippen LogP contribution < -0.4 is 14.8 Å². The summed E-state index contributed by atoms with van der Waals surface area (Å²) in [5.41, 5.74) is 4.53. The van der Waals surface area contributed by atoms with E-state index in [-0.39, 0.29) is 42.1 Å². The van der Waals surface area contributed by atoms with Crippen molar-refractivity contribution in [2.45, 2.75) is 23.6 Å². The molecule has 0 aliphatic carbocycles. The van der Waals surface area contributed by atoms with E-state index in [0.29, 0.717) is 6.07 Å². The number of halogens is 5. The van der Waals surface area contributed by atoms with E-state index in [9.17, 15) is 30.4 Å². The Morgan fingerprint density at radius 3 is 2.50 bits per heavy atom. The van der Waals surface area contributed by atoms with E-state index in [2.05, 4.69) is 0 Å². The minimum absolute atomic E-state index is 0.00755. The largest absolute Gasteiger partial charge is 0.486 e. The van der Waals surface area contributed by atoms with Gasteiger partial charge in [0, 0.05) is 5.56 Å². The monoisotopic (exact) mass is 498 g/mol. The predicted molar refractivity (Wildman–Crippen MR) is 116 cm³/mol. The van der Waals surface area contributed by atoms with Gasteiger partial charge in [0.15, 0.2) is 0 Å². The highest BCUT2D eigenvalue weighted by atomic mass is 32.2. The topological polar surface area (TPSA) is 72.6 Å². The van der Waals surface area contributed by atoms with Gasteiger partial charge in [-0.05, 0) is 67.1 Å². The van der Waals surface area contributed by atoms with Crippen LogP contribution in [0.1, 0.15) is 12.0 Å². The highest BCUT2D eigenvalue weighted by Crippen LogP contribution is 2.41. The number of rotatable bonds is 5. The summed E-state index contributed by atoms with van der Waals surface area (Å²) in [4.78, 5) is -0.566. The first-order valence-electron chi connectivity index (χ1n) is 10.2. The molecular formula is C23H19F5N2O3S. The van der Waals surface area contributed by atoms with Gasteiger partial charge >= 0.3 is 6.18 Å². The number of nitrogens with two attached hydrogens (primary N) is 1. The summed E-state index contributed by atoms with van der Waals surface area (Å²) in [6.07, 6.45) is -5.11. The molecule has 2 N–H and O–H groups in total. The number of nitrogens with zero attached hydrogens (tertiary/aromatic N) is 1. The van der Waals surface area contributed by atoms with Crippen molar-refractivity contribution in [3.05, 3.63) is 77.9 Å². The van der Waals surface area contributed by atoms with Gasteiger partial charge in [0.25, 0.3) is 10.0 Å². The van der Waals surface area contributed by atoms with Gasteiger partial charge in [-0.2, -0.15) is 13.2 Å². The fourth-order valence-electron chi connectivity index (χ4n) is 3.72. The number of benzene rings is 3. The summed E-state index contributed by atoms with van der Waals surface area (Å²) in [6.45, 7) is -0.0398. The number of anilines is 1. The van der Waals surface area contributed by atoms with Gasteiger partial charge in [-0.15, -0.1) is 0 Å². The molecule has 0 radical (unpaired) electrons. The van der Waals surface area contributed by atoms with E-state index in [1.165, 1.54) is 18.2 Å². The number of hydrogen-bond donors (Lipinski definition) is 1. The third-order valence-electron chi connectivity index (χ3n) is 5.37. The third kappa shape index (κ3) is 4.58. The van der Waals surface area contributed by atoms with Crippen LogP contribution in [-0.2, 0) is 16.2 Å². The molecular weight excluding hydrogens is 479 g/mol. The zero-order valence-corrected chi connectivity index (χ0v) is 18.3. The summed E-state index contributed by atoms with van der Waals surface area (Å²) >= 11 is 0. The first-order chi connectivity index (χ1) is 16.0. The molecule has 0 spiro atoms. The molecule has 11 heteroatoms. The molecule has 3 aromatic carbocycles. The lowest BCUT2D eigenvalue weighted by molar-refractivity contribution is -0.137. The van der Waals surface area contributed by atoms with Crippen LogP contribution in [0.2, 0.25) is 0 Å². The molecule has 180 valence electrons. The summed E-state index contributed by atoms with van der Waals surface area (Å²) in [5.74, 6) is -1.30. The molecule has 3 aromatic rings. The molecule has 1 atom stereocenters. The normalized spacial score (nSPS) is 16.2. The lowest BCUT2D eigenvalue weighted by Crippen LogP contribution is -2.44. The Bertz CT molecular complexity index is 1330. The van der Waals surface area contributed by atoms with Gasteiger partial charge in [-0.25, -0.2) is 17.2 Å². The molecule has 1 aliphatic heterocycles. The van der Waals surface area contributed by atoms with Crippen LogP contribution >= 0.6 is 0 Å². The van der Waals surface area contributed by atoms with Crippen molar-refractivity contribution in [1.82, 2.24) is 0 Å². The number of fused-ring (bicyclic) bond motifs is 1. The van der Waals surface area contributed by atoms with Crippen molar-refractivity contribution in [2.75, 3.05) is 17.4 Å². The van der Waals surface area contributed by atoms with Crippen LogP contribution in [0, 0.1) is 11.6 Å². The van der Waals surface area contributed by atoms with Gasteiger partial charge in [0.05, 0.1) is 22.7 Å². The molecule has 1 unspecified atom stereocenters. The molecule has 4 rings (SSSR count). The molecule has 5 nitrogen and oxygen atoms in total. The molecule has 34 heavy (non-hydrogen) atoms. The smallest absolute Gasteiger partial charge is 0.416 e. The van der Waals surface area contributed by atoms with Crippen molar-refractivity contribution < 1.29 is 35.1 Å². The summed E-state index contributed by atoms with van der Waals surface area (Å²) in [6, 6.07) is 10.4. The molecule has 0 saturated heterocycles. The van der Waals surface area contributed by atoms with Crippen LogP contribution in [0.25, 0.3) is 11.1 Å². The van der Waals surface area contributed by atoms with E-state index >= 15 is 0 Å². The average Bonchev–Trinajstić information content (AvgIpc) is 2.79. The number of hydrogen-bond acceptors (Lipinski definition) is 4.